The summed E-state index contributed by atoms with van der Waals surface area (Å²) in [5.41, 5.74) is 0. The highest BCUT2D eigenvalue weighted by Gasteiger charge is 2.27. The van der Waals surface area contributed by atoms with Crippen LogP contribution >= 0.6 is 0 Å². The Bertz CT molecular complexity index is 298. The second-order valence-electron chi connectivity index (χ2n) is 4.65. The lowest BCUT2D eigenvalue weighted by molar-refractivity contribution is -0.127. The van der Waals surface area contributed by atoms with Crippen LogP contribution in [-0.4, -0.2) is 49.7 Å². The van der Waals surface area contributed by atoms with Crippen LogP contribution in [0.4, 0.5) is 0 Å². The van der Waals surface area contributed by atoms with Gasteiger partial charge in [-0.3, -0.25) is 14.9 Å². The Hall–Kier alpha value is -1.14. The van der Waals surface area contributed by atoms with Gasteiger partial charge in [0, 0.05) is 19.2 Å². The SMILES string of the molecule is CC1CC(NC(=O)C2CNC(=O)CN2)CCO1. The van der Waals surface area contributed by atoms with Crippen molar-refractivity contribution in [2.75, 3.05) is 19.7 Å². The van der Waals surface area contributed by atoms with E-state index < -0.39 is 0 Å². The highest BCUT2D eigenvalue weighted by molar-refractivity contribution is 5.86. The summed E-state index contributed by atoms with van der Waals surface area (Å²) in [6, 6.07) is -0.128. The molecule has 3 unspecified atom stereocenters. The predicted octanol–water partition coefficient (Wildman–Crippen LogP) is -1.24. The molecule has 3 atom stereocenters. The van der Waals surface area contributed by atoms with Gasteiger partial charge in [0.15, 0.2) is 0 Å². The second-order valence-corrected chi connectivity index (χ2v) is 4.65. The zero-order chi connectivity index (χ0) is 12.3. The van der Waals surface area contributed by atoms with Gasteiger partial charge in [-0.25, -0.2) is 0 Å². The van der Waals surface area contributed by atoms with Crippen molar-refractivity contribution in [3.8, 4) is 0 Å². The van der Waals surface area contributed by atoms with Crippen molar-refractivity contribution >= 4 is 11.8 Å². The smallest absolute Gasteiger partial charge is 0.239 e. The Kier molecular flexibility index (Phi) is 3.96. The van der Waals surface area contributed by atoms with E-state index in [4.69, 9.17) is 4.74 Å². The summed E-state index contributed by atoms with van der Waals surface area (Å²) in [6.07, 6.45) is 1.91. The molecule has 0 aromatic carbocycles. The van der Waals surface area contributed by atoms with E-state index in [-0.39, 0.29) is 36.5 Å². The van der Waals surface area contributed by atoms with Crippen molar-refractivity contribution in [1.82, 2.24) is 16.0 Å². The molecule has 2 rings (SSSR count). The minimum atomic E-state index is -0.314. The monoisotopic (exact) mass is 241 g/mol. The maximum absolute atomic E-state index is 11.9. The molecule has 0 aromatic rings. The first kappa shape index (κ1) is 12.3. The van der Waals surface area contributed by atoms with Crippen LogP contribution in [-0.2, 0) is 14.3 Å². The molecule has 0 saturated carbocycles. The van der Waals surface area contributed by atoms with Crippen molar-refractivity contribution in [2.24, 2.45) is 0 Å². The molecule has 0 spiro atoms. The number of hydrogen-bond acceptors (Lipinski definition) is 4. The van der Waals surface area contributed by atoms with Gasteiger partial charge >= 0.3 is 0 Å². The molecule has 96 valence electrons. The average molecular weight is 241 g/mol. The van der Waals surface area contributed by atoms with E-state index in [0.717, 1.165) is 12.8 Å². The predicted molar refractivity (Wildman–Crippen MR) is 61.4 cm³/mol. The molecule has 2 aliphatic heterocycles. The lowest BCUT2D eigenvalue weighted by Crippen LogP contribution is -2.59. The van der Waals surface area contributed by atoms with Gasteiger partial charge in [0.2, 0.25) is 11.8 Å². The number of piperazine rings is 1. The van der Waals surface area contributed by atoms with Crippen LogP contribution in [0.15, 0.2) is 0 Å². The summed E-state index contributed by atoms with van der Waals surface area (Å²) in [7, 11) is 0. The maximum Gasteiger partial charge on any atom is 0.239 e. The normalized spacial score (nSPS) is 33.9. The van der Waals surface area contributed by atoms with E-state index in [0.29, 0.717) is 13.2 Å². The topological polar surface area (TPSA) is 79.5 Å². The van der Waals surface area contributed by atoms with E-state index in [1.54, 1.807) is 0 Å². The third-order valence-electron chi connectivity index (χ3n) is 3.16. The fourth-order valence-electron chi connectivity index (χ4n) is 2.18. The van der Waals surface area contributed by atoms with Gasteiger partial charge in [-0.2, -0.15) is 0 Å². The fraction of sp³-hybridized carbons (Fsp3) is 0.818. The van der Waals surface area contributed by atoms with Crippen molar-refractivity contribution in [3.63, 3.8) is 0 Å². The minimum Gasteiger partial charge on any atom is -0.378 e. The highest BCUT2D eigenvalue weighted by atomic mass is 16.5. The first-order valence-corrected chi connectivity index (χ1v) is 6.07. The lowest BCUT2D eigenvalue weighted by Gasteiger charge is -2.30. The molecule has 2 aliphatic rings. The van der Waals surface area contributed by atoms with Crippen LogP contribution in [0, 0.1) is 0 Å². The van der Waals surface area contributed by atoms with Crippen molar-refractivity contribution in [3.05, 3.63) is 0 Å². The number of carbonyl (C=O) groups excluding carboxylic acids is 2. The molecule has 6 nitrogen and oxygen atoms in total. The van der Waals surface area contributed by atoms with Gasteiger partial charge in [-0.05, 0) is 19.8 Å². The maximum atomic E-state index is 11.9. The summed E-state index contributed by atoms with van der Waals surface area (Å²) in [5.74, 6) is -0.0992. The van der Waals surface area contributed by atoms with E-state index in [2.05, 4.69) is 16.0 Å². The third kappa shape index (κ3) is 3.41. The third-order valence-corrected chi connectivity index (χ3v) is 3.16. The summed E-state index contributed by atoms with van der Waals surface area (Å²) >= 11 is 0. The van der Waals surface area contributed by atoms with Crippen molar-refractivity contribution in [1.29, 1.82) is 0 Å². The molecule has 2 saturated heterocycles. The van der Waals surface area contributed by atoms with Crippen LogP contribution in [0.5, 0.6) is 0 Å². The lowest BCUT2D eigenvalue weighted by atomic mass is 10.0. The van der Waals surface area contributed by atoms with E-state index in [1.165, 1.54) is 0 Å². The second kappa shape index (κ2) is 5.46. The summed E-state index contributed by atoms with van der Waals surface area (Å²) < 4.78 is 5.43. The van der Waals surface area contributed by atoms with Crippen LogP contribution in [0.25, 0.3) is 0 Å². The molecule has 2 amide bonds. The first-order valence-electron chi connectivity index (χ1n) is 6.07. The van der Waals surface area contributed by atoms with Gasteiger partial charge in [0.1, 0.15) is 6.04 Å². The Morgan fingerprint density at radius 2 is 2.35 bits per heavy atom. The Balaban J connectivity index is 1.78. The number of rotatable bonds is 2. The molecule has 0 bridgehead atoms. The molecule has 2 fully saturated rings. The molecule has 3 N–H and O–H groups in total. The average Bonchev–Trinajstić information content (AvgIpc) is 2.29. The minimum absolute atomic E-state index is 0.0379. The highest BCUT2D eigenvalue weighted by Crippen LogP contribution is 2.13. The van der Waals surface area contributed by atoms with Crippen LogP contribution in [0.2, 0.25) is 0 Å². The van der Waals surface area contributed by atoms with Crippen LogP contribution in [0.1, 0.15) is 19.8 Å². The number of hydrogen-bond donors (Lipinski definition) is 3. The zero-order valence-corrected chi connectivity index (χ0v) is 9.99. The van der Waals surface area contributed by atoms with Gasteiger partial charge in [0.25, 0.3) is 0 Å². The zero-order valence-electron chi connectivity index (χ0n) is 9.99. The Labute approximate surface area is 100 Å². The Morgan fingerprint density at radius 1 is 1.53 bits per heavy atom. The number of carbonyl (C=O) groups is 2. The number of ether oxygens (including phenoxy) is 1. The van der Waals surface area contributed by atoms with Crippen LogP contribution in [0.3, 0.4) is 0 Å². The molecule has 6 heteroatoms. The standard InChI is InChI=1S/C11H19N3O3/c1-7-4-8(2-3-17-7)14-11(16)9-5-13-10(15)6-12-9/h7-9,12H,2-6H2,1H3,(H,13,15)(H,14,16). The Morgan fingerprint density at radius 3 is 3.00 bits per heavy atom. The molecule has 0 radical (unpaired) electrons. The molecular formula is C11H19N3O3. The van der Waals surface area contributed by atoms with Gasteiger partial charge < -0.3 is 15.4 Å². The first-order chi connectivity index (χ1) is 8.15. The molecule has 0 aliphatic carbocycles. The summed E-state index contributed by atoms with van der Waals surface area (Å²) in [5, 5.41) is 8.59. The van der Waals surface area contributed by atoms with Crippen LogP contribution < -0.4 is 16.0 Å². The van der Waals surface area contributed by atoms with E-state index in [9.17, 15) is 9.59 Å². The van der Waals surface area contributed by atoms with Crippen molar-refractivity contribution < 1.29 is 14.3 Å². The quantitative estimate of drug-likeness (QED) is 0.565. The summed E-state index contributed by atoms with van der Waals surface area (Å²) in [6.45, 7) is 3.28. The molecule has 2 heterocycles. The van der Waals surface area contributed by atoms with Gasteiger partial charge in [-0.15, -0.1) is 0 Å². The molecule has 0 aromatic heterocycles. The van der Waals surface area contributed by atoms with E-state index >= 15 is 0 Å². The van der Waals surface area contributed by atoms with Gasteiger partial charge in [0.05, 0.1) is 12.6 Å². The largest absolute Gasteiger partial charge is 0.378 e. The van der Waals surface area contributed by atoms with Crippen molar-refractivity contribution in [2.45, 2.75) is 38.0 Å². The summed E-state index contributed by atoms with van der Waals surface area (Å²) in [4.78, 5) is 22.9. The van der Waals surface area contributed by atoms with Gasteiger partial charge in [-0.1, -0.05) is 0 Å². The fourth-order valence-corrected chi connectivity index (χ4v) is 2.18. The molecular weight excluding hydrogens is 222 g/mol. The number of amides is 2. The number of nitrogens with one attached hydrogen (secondary N) is 3. The molecule has 17 heavy (non-hydrogen) atoms. The van der Waals surface area contributed by atoms with E-state index in [1.807, 2.05) is 6.92 Å².